The van der Waals surface area contributed by atoms with Crippen molar-refractivity contribution < 1.29 is 18.7 Å². The number of carbonyl (C=O) groups excluding carboxylic acids is 2. The number of esters is 1. The standard InChI is InChI=1S/C19H20N4O4S2/c1-4-8-23-16(14-7-6-9-27-14)21-22-19(23)28-11-15(24)20-17-13(18(25)26-3)10-12(5-2)29-17/h4,6-7,9-10H,1,5,8,11H2,2-3H3,(H,20,24). The van der Waals surface area contributed by atoms with Crippen molar-refractivity contribution in [2.45, 2.75) is 25.0 Å². The van der Waals surface area contributed by atoms with Crippen LogP contribution in [0.15, 0.2) is 46.7 Å². The van der Waals surface area contributed by atoms with Crippen LogP contribution in [0.1, 0.15) is 22.2 Å². The summed E-state index contributed by atoms with van der Waals surface area (Å²) >= 11 is 2.61. The van der Waals surface area contributed by atoms with Crippen molar-refractivity contribution in [3.05, 3.63) is 47.6 Å². The smallest absolute Gasteiger partial charge is 0.340 e. The molecule has 152 valence electrons. The van der Waals surface area contributed by atoms with Gasteiger partial charge in [-0.3, -0.25) is 9.36 Å². The zero-order valence-electron chi connectivity index (χ0n) is 16.0. The van der Waals surface area contributed by atoms with E-state index in [0.717, 1.165) is 11.3 Å². The molecule has 0 aromatic carbocycles. The van der Waals surface area contributed by atoms with Crippen molar-refractivity contribution in [3.8, 4) is 11.6 Å². The molecule has 0 atom stereocenters. The monoisotopic (exact) mass is 432 g/mol. The van der Waals surface area contributed by atoms with Crippen LogP contribution in [0, 0.1) is 0 Å². The van der Waals surface area contributed by atoms with Gasteiger partial charge in [-0.2, -0.15) is 0 Å². The molecule has 3 aromatic rings. The molecular weight excluding hydrogens is 412 g/mol. The molecule has 0 aliphatic heterocycles. The maximum atomic E-state index is 12.5. The first kappa shape index (κ1) is 20.9. The van der Waals surface area contributed by atoms with Crippen LogP contribution in [0.4, 0.5) is 5.00 Å². The molecule has 8 nitrogen and oxygen atoms in total. The van der Waals surface area contributed by atoms with E-state index in [1.165, 1.54) is 30.2 Å². The van der Waals surface area contributed by atoms with Gasteiger partial charge in [-0.1, -0.05) is 24.8 Å². The quantitative estimate of drug-likeness (QED) is 0.311. The normalized spacial score (nSPS) is 10.7. The van der Waals surface area contributed by atoms with Gasteiger partial charge in [0.05, 0.1) is 24.7 Å². The number of aromatic nitrogens is 3. The number of amides is 1. The molecule has 10 heteroatoms. The SMILES string of the molecule is C=CCn1c(SCC(=O)Nc2sc(CC)cc2C(=O)OC)nnc1-c1ccco1. The molecular formula is C19H20N4O4S2. The van der Waals surface area contributed by atoms with E-state index in [0.29, 0.717) is 33.9 Å². The number of carbonyl (C=O) groups is 2. The Labute approximate surface area is 176 Å². The summed E-state index contributed by atoms with van der Waals surface area (Å²) in [4.78, 5) is 25.4. The lowest BCUT2D eigenvalue weighted by molar-refractivity contribution is -0.113. The lowest BCUT2D eigenvalue weighted by Gasteiger charge is -2.07. The first-order chi connectivity index (χ1) is 14.1. The van der Waals surface area contributed by atoms with Gasteiger partial charge >= 0.3 is 5.97 Å². The second kappa shape index (κ2) is 9.57. The maximum absolute atomic E-state index is 12.5. The summed E-state index contributed by atoms with van der Waals surface area (Å²) in [6, 6.07) is 5.31. The first-order valence-electron chi connectivity index (χ1n) is 8.79. The van der Waals surface area contributed by atoms with Crippen LogP contribution in [-0.4, -0.2) is 39.5 Å². The zero-order valence-corrected chi connectivity index (χ0v) is 17.6. The summed E-state index contributed by atoms with van der Waals surface area (Å²) in [6.07, 6.45) is 4.05. The minimum atomic E-state index is -0.474. The molecule has 0 aliphatic rings. The Hall–Kier alpha value is -2.85. The van der Waals surface area contributed by atoms with E-state index in [9.17, 15) is 9.59 Å². The van der Waals surface area contributed by atoms with E-state index >= 15 is 0 Å². The Kier molecular flexibility index (Phi) is 6.89. The minimum Gasteiger partial charge on any atom is -0.465 e. The Balaban J connectivity index is 1.71. The average Bonchev–Trinajstić information content (AvgIpc) is 3.46. The van der Waals surface area contributed by atoms with Gasteiger partial charge in [-0.25, -0.2) is 4.79 Å². The summed E-state index contributed by atoms with van der Waals surface area (Å²) in [7, 11) is 1.32. The zero-order chi connectivity index (χ0) is 20.8. The van der Waals surface area contributed by atoms with Crippen LogP contribution >= 0.6 is 23.1 Å². The Morgan fingerprint density at radius 3 is 2.93 bits per heavy atom. The van der Waals surface area contributed by atoms with Crippen LogP contribution in [0.3, 0.4) is 0 Å². The summed E-state index contributed by atoms with van der Waals surface area (Å²) in [5, 5.41) is 12.2. The van der Waals surface area contributed by atoms with Crippen LogP contribution in [0.2, 0.25) is 0 Å². The third-order valence-electron chi connectivity index (χ3n) is 3.89. The van der Waals surface area contributed by atoms with E-state index in [1.807, 2.05) is 11.5 Å². The van der Waals surface area contributed by atoms with Gasteiger partial charge < -0.3 is 14.5 Å². The molecule has 0 unspecified atom stereocenters. The number of furan rings is 1. The largest absolute Gasteiger partial charge is 0.465 e. The van der Waals surface area contributed by atoms with Gasteiger partial charge in [0.1, 0.15) is 5.00 Å². The molecule has 0 bridgehead atoms. The first-order valence-corrected chi connectivity index (χ1v) is 10.6. The molecule has 29 heavy (non-hydrogen) atoms. The predicted molar refractivity (Wildman–Crippen MR) is 112 cm³/mol. The fourth-order valence-corrected chi connectivity index (χ4v) is 4.29. The number of ether oxygens (including phenoxy) is 1. The molecule has 0 saturated heterocycles. The third-order valence-corrected chi connectivity index (χ3v) is 6.05. The van der Waals surface area contributed by atoms with Crippen LogP contribution in [0.5, 0.6) is 0 Å². The van der Waals surface area contributed by atoms with Crippen molar-refractivity contribution in [3.63, 3.8) is 0 Å². The van der Waals surface area contributed by atoms with Gasteiger partial charge in [-0.05, 0) is 24.6 Å². The molecule has 3 aromatic heterocycles. The predicted octanol–water partition coefficient (Wildman–Crippen LogP) is 3.87. The number of hydrogen-bond acceptors (Lipinski definition) is 8. The van der Waals surface area contributed by atoms with E-state index in [-0.39, 0.29) is 11.7 Å². The summed E-state index contributed by atoms with van der Waals surface area (Å²) in [5.74, 6) is 0.531. The van der Waals surface area contributed by atoms with Crippen molar-refractivity contribution in [2.75, 3.05) is 18.2 Å². The molecule has 0 fully saturated rings. The Morgan fingerprint density at radius 1 is 1.45 bits per heavy atom. The number of nitrogens with zero attached hydrogens (tertiary/aromatic N) is 3. The van der Waals surface area contributed by atoms with Crippen molar-refractivity contribution in [1.29, 1.82) is 0 Å². The van der Waals surface area contributed by atoms with Crippen LogP contribution in [-0.2, 0) is 22.5 Å². The number of methoxy groups -OCH3 is 1. The number of rotatable bonds is 9. The fourth-order valence-electron chi connectivity index (χ4n) is 2.54. The van der Waals surface area contributed by atoms with Gasteiger partial charge in [-0.15, -0.1) is 28.1 Å². The van der Waals surface area contributed by atoms with Gasteiger partial charge in [0.15, 0.2) is 10.9 Å². The van der Waals surface area contributed by atoms with Crippen molar-refractivity contribution in [1.82, 2.24) is 14.8 Å². The number of thiophene rings is 1. The van der Waals surface area contributed by atoms with Gasteiger partial charge in [0.2, 0.25) is 11.7 Å². The molecule has 0 aliphatic carbocycles. The number of anilines is 1. The highest BCUT2D eigenvalue weighted by Crippen LogP contribution is 2.30. The maximum Gasteiger partial charge on any atom is 0.340 e. The molecule has 1 N–H and O–H groups in total. The summed E-state index contributed by atoms with van der Waals surface area (Å²) in [6.45, 7) is 6.22. The second-order valence-corrected chi connectivity index (χ2v) is 7.90. The third kappa shape index (κ3) is 4.77. The number of thioether (sulfide) groups is 1. The minimum absolute atomic E-state index is 0.105. The molecule has 0 radical (unpaired) electrons. The van der Waals surface area contributed by atoms with E-state index < -0.39 is 5.97 Å². The number of nitrogens with one attached hydrogen (secondary N) is 1. The highest BCUT2D eigenvalue weighted by Gasteiger charge is 2.20. The highest BCUT2D eigenvalue weighted by molar-refractivity contribution is 7.99. The fraction of sp³-hybridized carbons (Fsp3) is 0.263. The molecule has 1 amide bonds. The topological polar surface area (TPSA) is 99.2 Å². The van der Waals surface area contributed by atoms with Crippen molar-refractivity contribution in [2.24, 2.45) is 0 Å². The molecule has 0 spiro atoms. The highest BCUT2D eigenvalue weighted by atomic mass is 32.2. The number of aryl methyl sites for hydroxylation is 1. The molecule has 0 saturated carbocycles. The molecule has 3 heterocycles. The Bertz CT molecular complexity index is 1010. The van der Waals surface area contributed by atoms with E-state index in [4.69, 9.17) is 9.15 Å². The van der Waals surface area contributed by atoms with E-state index in [2.05, 4.69) is 22.1 Å². The lowest BCUT2D eigenvalue weighted by Crippen LogP contribution is -2.16. The lowest BCUT2D eigenvalue weighted by atomic mass is 10.2. The van der Waals surface area contributed by atoms with Crippen LogP contribution < -0.4 is 5.32 Å². The average molecular weight is 433 g/mol. The van der Waals surface area contributed by atoms with Crippen LogP contribution in [0.25, 0.3) is 11.6 Å². The summed E-state index contributed by atoms with van der Waals surface area (Å²) < 4.78 is 12.0. The number of hydrogen-bond donors (Lipinski definition) is 1. The van der Waals surface area contributed by atoms with Crippen molar-refractivity contribution >= 4 is 40.0 Å². The summed E-state index contributed by atoms with van der Waals surface area (Å²) in [5.41, 5.74) is 0.364. The van der Waals surface area contributed by atoms with E-state index in [1.54, 1.807) is 30.5 Å². The number of allylic oxidation sites excluding steroid dienone is 1. The Morgan fingerprint density at radius 2 is 2.28 bits per heavy atom. The molecule has 3 rings (SSSR count). The van der Waals surface area contributed by atoms with Gasteiger partial charge in [0, 0.05) is 11.4 Å². The van der Waals surface area contributed by atoms with Gasteiger partial charge in [0.25, 0.3) is 0 Å². The second-order valence-electron chi connectivity index (χ2n) is 5.82.